The lowest BCUT2D eigenvalue weighted by Crippen LogP contribution is -2.24. The lowest BCUT2D eigenvalue weighted by molar-refractivity contribution is -0.187. The number of rotatable bonds is 5. The van der Waals surface area contributed by atoms with Gasteiger partial charge in [-0.05, 0) is 59.3 Å². The van der Waals surface area contributed by atoms with Crippen LogP contribution in [0.4, 0.5) is 30.7 Å². The van der Waals surface area contributed by atoms with Crippen LogP contribution < -0.4 is 4.74 Å². The summed E-state index contributed by atoms with van der Waals surface area (Å²) in [5.41, 5.74) is 1.53. The molecule has 0 atom stereocenters. The van der Waals surface area contributed by atoms with Gasteiger partial charge in [0.2, 0.25) is 0 Å². The van der Waals surface area contributed by atoms with Crippen molar-refractivity contribution in [1.82, 2.24) is 0 Å². The number of ether oxygens (including phenoxy) is 1. The summed E-state index contributed by atoms with van der Waals surface area (Å²) < 4.78 is 105. The van der Waals surface area contributed by atoms with E-state index >= 15 is 0 Å². The number of hydrogen-bond acceptors (Lipinski definition) is 1. The smallest absolute Gasteiger partial charge is 0.429 e. The van der Waals surface area contributed by atoms with E-state index in [0.29, 0.717) is 12.1 Å². The van der Waals surface area contributed by atoms with Gasteiger partial charge in [0.25, 0.3) is 0 Å². The highest BCUT2D eigenvalue weighted by atomic mass is 19.3. The summed E-state index contributed by atoms with van der Waals surface area (Å²) in [6, 6.07) is 19.2. The Hall–Kier alpha value is -4.33. The highest BCUT2D eigenvalue weighted by molar-refractivity contribution is 5.84. The van der Waals surface area contributed by atoms with Crippen molar-refractivity contribution in [3.63, 3.8) is 0 Å². The molecule has 0 aromatic heterocycles. The largest absolute Gasteiger partial charge is 0.429 e. The molecule has 5 aromatic rings. The van der Waals surface area contributed by atoms with Gasteiger partial charge in [-0.3, -0.25) is 0 Å². The van der Waals surface area contributed by atoms with Crippen LogP contribution in [-0.2, 0) is 6.11 Å². The lowest BCUT2D eigenvalue weighted by Gasteiger charge is -2.20. The summed E-state index contributed by atoms with van der Waals surface area (Å²) in [4.78, 5) is 0. The molecule has 0 aliphatic carbocycles. The molecule has 0 bridgehead atoms. The van der Waals surface area contributed by atoms with E-state index in [1.165, 1.54) is 0 Å². The van der Waals surface area contributed by atoms with Gasteiger partial charge in [-0.15, -0.1) is 0 Å². The molecule has 0 spiro atoms. The third-order valence-electron chi connectivity index (χ3n) is 6.17. The van der Waals surface area contributed by atoms with Crippen molar-refractivity contribution in [2.24, 2.45) is 0 Å². The molecule has 1 nitrogen and oxygen atoms in total. The monoisotopic (exact) mass is 526 g/mol. The topological polar surface area (TPSA) is 9.23 Å². The van der Waals surface area contributed by atoms with Crippen molar-refractivity contribution >= 4 is 10.8 Å². The Labute approximate surface area is 212 Å². The number of fused-ring (bicyclic) bond motifs is 1. The van der Waals surface area contributed by atoms with E-state index in [1.807, 2.05) is 31.2 Å². The first-order valence-corrected chi connectivity index (χ1v) is 11.3. The van der Waals surface area contributed by atoms with Gasteiger partial charge < -0.3 is 4.74 Å². The molecule has 0 radical (unpaired) electrons. The van der Waals surface area contributed by atoms with Gasteiger partial charge in [0.1, 0.15) is 11.3 Å². The molecule has 0 saturated heterocycles. The summed E-state index contributed by atoms with van der Waals surface area (Å²) in [6.07, 6.45) is -4.34. The Morgan fingerprint density at radius 1 is 0.579 bits per heavy atom. The number of hydrogen-bond donors (Lipinski definition) is 0. The summed E-state index contributed by atoms with van der Waals surface area (Å²) in [5.74, 6) is -8.62. The van der Waals surface area contributed by atoms with Crippen LogP contribution >= 0.6 is 0 Å². The van der Waals surface area contributed by atoms with Crippen molar-refractivity contribution in [2.45, 2.75) is 13.0 Å². The predicted molar refractivity (Wildman–Crippen MR) is 130 cm³/mol. The highest BCUT2D eigenvalue weighted by Gasteiger charge is 2.39. The Morgan fingerprint density at radius 2 is 1.18 bits per heavy atom. The third-order valence-corrected chi connectivity index (χ3v) is 6.17. The van der Waals surface area contributed by atoms with Crippen molar-refractivity contribution in [3.05, 3.63) is 125 Å². The molecule has 0 fully saturated rings. The fourth-order valence-electron chi connectivity index (χ4n) is 4.13. The molecular weight excluding hydrogens is 509 g/mol. The van der Waals surface area contributed by atoms with Gasteiger partial charge >= 0.3 is 6.11 Å². The second kappa shape index (κ2) is 9.52. The molecule has 0 heterocycles. The average Bonchev–Trinajstić information content (AvgIpc) is 2.89. The number of halogens is 7. The van der Waals surface area contributed by atoms with Gasteiger partial charge in [0.05, 0.1) is 0 Å². The fourth-order valence-corrected chi connectivity index (χ4v) is 4.13. The Kier molecular flexibility index (Phi) is 6.34. The average molecular weight is 526 g/mol. The zero-order valence-electron chi connectivity index (χ0n) is 19.6. The van der Waals surface area contributed by atoms with Crippen LogP contribution in [0.5, 0.6) is 5.75 Å². The standard InChI is InChI=1S/C30H17F7O/c1-16-2-4-17(5-3-16)18-6-8-19(9-7-18)22-12-13-24(28(34)26(22)32)30(36,37)38-21-10-11-23-20(14-21)15-25(31)29(35)27(23)33/h2-15H,1H3. The molecule has 5 rings (SSSR count). The van der Waals surface area contributed by atoms with Crippen LogP contribution in [0.3, 0.4) is 0 Å². The van der Waals surface area contributed by atoms with Gasteiger partial charge in [-0.25, -0.2) is 22.0 Å². The van der Waals surface area contributed by atoms with Crippen molar-refractivity contribution in [1.29, 1.82) is 0 Å². The molecular formula is C30H17F7O. The summed E-state index contributed by atoms with van der Waals surface area (Å²) in [6.45, 7) is 1.95. The maximum absolute atomic E-state index is 14.9. The van der Waals surface area contributed by atoms with E-state index in [-0.39, 0.29) is 21.9 Å². The fraction of sp³-hybridized carbons (Fsp3) is 0.0667. The molecule has 0 aliphatic heterocycles. The molecule has 0 N–H and O–H groups in total. The van der Waals surface area contributed by atoms with Crippen LogP contribution in [-0.4, -0.2) is 0 Å². The maximum Gasteiger partial charge on any atom is 0.429 e. The highest BCUT2D eigenvalue weighted by Crippen LogP contribution is 2.38. The minimum absolute atomic E-state index is 0.226. The molecule has 0 saturated carbocycles. The SMILES string of the molecule is Cc1ccc(-c2ccc(-c3ccc(C(F)(F)Oc4ccc5c(F)c(F)c(F)cc5c4)c(F)c3F)cc2)cc1. The van der Waals surface area contributed by atoms with Crippen molar-refractivity contribution in [3.8, 4) is 28.0 Å². The second-order valence-electron chi connectivity index (χ2n) is 8.72. The normalized spacial score (nSPS) is 11.7. The van der Waals surface area contributed by atoms with Crippen LogP contribution in [0.2, 0.25) is 0 Å². The Bertz CT molecular complexity index is 1660. The van der Waals surface area contributed by atoms with E-state index in [2.05, 4.69) is 4.74 Å². The first-order chi connectivity index (χ1) is 18.0. The van der Waals surface area contributed by atoms with Gasteiger partial charge in [0, 0.05) is 10.9 Å². The van der Waals surface area contributed by atoms with Crippen LogP contribution in [0.1, 0.15) is 11.1 Å². The first kappa shape index (κ1) is 25.3. The van der Waals surface area contributed by atoms with E-state index in [9.17, 15) is 30.7 Å². The van der Waals surface area contributed by atoms with E-state index in [1.54, 1.807) is 24.3 Å². The minimum atomic E-state index is -4.34. The summed E-state index contributed by atoms with van der Waals surface area (Å²) in [7, 11) is 0. The maximum atomic E-state index is 14.9. The van der Waals surface area contributed by atoms with Gasteiger partial charge in [-0.1, -0.05) is 60.2 Å². The lowest BCUT2D eigenvalue weighted by atomic mass is 9.98. The number of alkyl halides is 2. The minimum Gasteiger partial charge on any atom is -0.429 e. The molecule has 0 amide bonds. The van der Waals surface area contributed by atoms with E-state index < -0.39 is 46.5 Å². The first-order valence-electron chi connectivity index (χ1n) is 11.3. The molecule has 8 heteroatoms. The summed E-state index contributed by atoms with van der Waals surface area (Å²) in [5, 5.41) is -0.625. The van der Waals surface area contributed by atoms with Crippen LogP contribution in [0.25, 0.3) is 33.0 Å². The Morgan fingerprint density at radius 3 is 1.84 bits per heavy atom. The molecule has 192 valence electrons. The van der Waals surface area contributed by atoms with Crippen molar-refractivity contribution in [2.75, 3.05) is 0 Å². The van der Waals surface area contributed by atoms with E-state index in [0.717, 1.165) is 41.0 Å². The second-order valence-corrected chi connectivity index (χ2v) is 8.72. The molecule has 0 aliphatic rings. The zero-order chi connectivity index (χ0) is 27.2. The van der Waals surface area contributed by atoms with E-state index in [4.69, 9.17) is 0 Å². The van der Waals surface area contributed by atoms with Crippen LogP contribution in [0, 0.1) is 36.0 Å². The number of aryl methyl sites for hydroxylation is 1. The van der Waals surface area contributed by atoms with Crippen LogP contribution in [0.15, 0.2) is 84.9 Å². The number of benzene rings is 5. The Balaban J connectivity index is 1.43. The van der Waals surface area contributed by atoms with Gasteiger partial charge in [-0.2, -0.15) is 8.78 Å². The summed E-state index contributed by atoms with van der Waals surface area (Å²) >= 11 is 0. The molecule has 38 heavy (non-hydrogen) atoms. The third kappa shape index (κ3) is 4.58. The van der Waals surface area contributed by atoms with Crippen molar-refractivity contribution < 1.29 is 35.5 Å². The molecule has 5 aromatic carbocycles. The predicted octanol–water partition coefficient (Wildman–Crippen LogP) is 9.31. The van der Waals surface area contributed by atoms with Gasteiger partial charge in [0.15, 0.2) is 29.1 Å². The molecule has 0 unspecified atom stereocenters. The zero-order valence-corrected chi connectivity index (χ0v) is 19.6. The quantitative estimate of drug-likeness (QED) is 0.164.